The first-order valence-electron chi connectivity index (χ1n) is 14.1. The molecule has 0 fully saturated rings. The van der Waals surface area contributed by atoms with Crippen LogP contribution in [0.1, 0.15) is 37.8 Å². The summed E-state index contributed by atoms with van der Waals surface area (Å²) in [4.78, 5) is 27.3. The molecule has 3 aromatic carbocycles. The molecule has 1 aliphatic heterocycles. The highest BCUT2D eigenvalue weighted by molar-refractivity contribution is 7.95. The molecule has 1 aliphatic rings. The summed E-state index contributed by atoms with van der Waals surface area (Å²) >= 11 is 1.05. The van der Waals surface area contributed by atoms with Crippen molar-refractivity contribution in [1.29, 1.82) is 0 Å². The number of carbonyl (C=O) groups excluding carboxylic acids is 1. The van der Waals surface area contributed by atoms with Gasteiger partial charge in [-0.15, -0.1) is 11.3 Å². The van der Waals surface area contributed by atoms with Gasteiger partial charge in [-0.2, -0.15) is 0 Å². The quantitative estimate of drug-likeness (QED) is 0.263. The fourth-order valence-corrected chi connectivity index (χ4v) is 7.91. The van der Waals surface area contributed by atoms with Crippen LogP contribution >= 0.6 is 11.3 Å². The minimum Gasteiger partial charge on any atom is -0.494 e. The van der Waals surface area contributed by atoms with E-state index in [1.165, 1.54) is 12.1 Å². The Labute approximate surface area is 259 Å². The van der Waals surface area contributed by atoms with Crippen molar-refractivity contribution in [3.63, 3.8) is 0 Å². The maximum Gasteiger partial charge on any atom is 0.338 e. The molecule has 1 atom stereocenters. The highest BCUT2D eigenvalue weighted by atomic mass is 32.2. The lowest BCUT2D eigenvalue weighted by Crippen LogP contribution is -2.41. The van der Waals surface area contributed by atoms with E-state index >= 15 is 0 Å². The van der Waals surface area contributed by atoms with Gasteiger partial charge in [-0.05, 0) is 74.4 Å². The molecule has 228 valence electrons. The van der Waals surface area contributed by atoms with Gasteiger partial charge in [-0.3, -0.25) is 9.36 Å². The number of ether oxygens (including phenoxy) is 3. The van der Waals surface area contributed by atoms with Crippen molar-refractivity contribution in [3.8, 4) is 11.5 Å². The second-order valence-electron chi connectivity index (χ2n) is 9.69. The summed E-state index contributed by atoms with van der Waals surface area (Å²) in [6.45, 7) is 6.40. The van der Waals surface area contributed by atoms with Crippen LogP contribution in [0.5, 0.6) is 11.5 Å². The van der Waals surface area contributed by atoms with Crippen LogP contribution in [0.3, 0.4) is 0 Å². The van der Waals surface area contributed by atoms with Crippen LogP contribution in [0.2, 0.25) is 0 Å². The lowest BCUT2D eigenvalue weighted by Gasteiger charge is -2.28. The zero-order valence-corrected chi connectivity index (χ0v) is 26.1. The minimum atomic E-state index is -4.31. The van der Waals surface area contributed by atoms with Gasteiger partial charge in [0.2, 0.25) is 9.84 Å². The smallest absolute Gasteiger partial charge is 0.338 e. The molecule has 0 saturated carbocycles. The summed E-state index contributed by atoms with van der Waals surface area (Å²) in [5, 5.41) is 0. The SMILES string of the molecule is CCOC(=O)C1=c2s/c(=C\c3ccc(OCC)cc3)c(=O)n2C(N)=C(S(=O)(=O)c2ccccc2)[C@@H]1c1ccc(OCC)cc1. The van der Waals surface area contributed by atoms with E-state index in [1.54, 1.807) is 79.7 Å². The van der Waals surface area contributed by atoms with Gasteiger partial charge in [0.1, 0.15) is 26.9 Å². The number of carbonyl (C=O) groups is 1. The van der Waals surface area contributed by atoms with E-state index in [0.717, 1.165) is 15.9 Å². The van der Waals surface area contributed by atoms with E-state index in [0.29, 0.717) is 35.8 Å². The molecular formula is C33H32N2O7S2. The number of hydrogen-bond acceptors (Lipinski definition) is 9. The molecule has 2 N–H and O–H groups in total. The number of sulfone groups is 1. The standard InChI is InChI=1S/C33H32N2O7S2/c1-4-40-23-16-12-21(13-17-23)20-26-31(36)35-30(34)29(44(38,39)25-10-8-7-9-11-25)27(22-14-18-24(19-15-22)41-5-2)28(32(35)43-26)33(37)42-6-3/h7-20,27H,4-6,34H2,1-3H3/b26-20-/t27-/m1/s1. The summed E-state index contributed by atoms with van der Waals surface area (Å²) in [7, 11) is -4.31. The molecule has 2 heterocycles. The van der Waals surface area contributed by atoms with Crippen LogP contribution in [0.15, 0.2) is 93.5 Å². The van der Waals surface area contributed by atoms with Gasteiger partial charge in [0.05, 0.1) is 40.7 Å². The first-order chi connectivity index (χ1) is 21.2. The Bertz CT molecular complexity index is 1990. The van der Waals surface area contributed by atoms with Crippen LogP contribution in [0.4, 0.5) is 0 Å². The number of fused-ring (bicyclic) bond motifs is 1. The largest absolute Gasteiger partial charge is 0.494 e. The first-order valence-corrected chi connectivity index (χ1v) is 16.4. The van der Waals surface area contributed by atoms with Crippen molar-refractivity contribution in [2.45, 2.75) is 31.6 Å². The minimum absolute atomic E-state index is 0.00756. The van der Waals surface area contributed by atoms with E-state index in [2.05, 4.69) is 0 Å². The average molecular weight is 633 g/mol. The second kappa shape index (κ2) is 12.9. The fraction of sp³-hybridized carbons (Fsp3) is 0.212. The number of aromatic nitrogens is 1. The van der Waals surface area contributed by atoms with E-state index in [-0.39, 0.29) is 37.0 Å². The Morgan fingerprint density at radius 2 is 1.48 bits per heavy atom. The van der Waals surface area contributed by atoms with Crippen molar-refractivity contribution in [3.05, 3.63) is 114 Å². The molecule has 0 spiro atoms. The molecule has 9 nitrogen and oxygen atoms in total. The third-order valence-electron chi connectivity index (χ3n) is 6.95. The van der Waals surface area contributed by atoms with Crippen molar-refractivity contribution >= 4 is 44.6 Å². The van der Waals surface area contributed by atoms with Gasteiger partial charge in [0, 0.05) is 0 Å². The Kier molecular flexibility index (Phi) is 9.07. The summed E-state index contributed by atoms with van der Waals surface area (Å²) in [6.07, 6.45) is 1.67. The highest BCUT2D eigenvalue weighted by Crippen LogP contribution is 2.42. The van der Waals surface area contributed by atoms with Gasteiger partial charge in [0.15, 0.2) is 0 Å². The number of nitrogens with two attached hydrogens (primary N) is 1. The summed E-state index contributed by atoms with van der Waals surface area (Å²) in [5.74, 6) is -0.919. The molecule has 0 bridgehead atoms. The normalized spacial score (nSPS) is 15.2. The van der Waals surface area contributed by atoms with Crippen molar-refractivity contribution < 1.29 is 27.4 Å². The zero-order chi connectivity index (χ0) is 31.4. The number of benzene rings is 3. The Morgan fingerprint density at radius 1 is 0.886 bits per heavy atom. The third-order valence-corrected chi connectivity index (χ3v) is 9.97. The predicted octanol–water partition coefficient (Wildman–Crippen LogP) is 3.61. The number of rotatable bonds is 10. The molecule has 44 heavy (non-hydrogen) atoms. The fourth-order valence-electron chi connectivity index (χ4n) is 5.05. The number of esters is 1. The van der Waals surface area contributed by atoms with Gasteiger partial charge in [0.25, 0.3) is 5.56 Å². The average Bonchev–Trinajstić information content (AvgIpc) is 3.34. The Balaban J connectivity index is 1.84. The van der Waals surface area contributed by atoms with Gasteiger partial charge < -0.3 is 19.9 Å². The molecule has 0 radical (unpaired) electrons. The van der Waals surface area contributed by atoms with Crippen molar-refractivity contribution in [2.24, 2.45) is 5.73 Å². The van der Waals surface area contributed by atoms with Crippen molar-refractivity contribution in [2.75, 3.05) is 19.8 Å². The summed E-state index contributed by atoms with van der Waals surface area (Å²) in [5.41, 5.74) is 7.31. The molecule has 0 saturated heterocycles. The van der Waals surface area contributed by atoms with Crippen LogP contribution in [-0.4, -0.2) is 38.8 Å². The molecule has 5 rings (SSSR count). The second-order valence-corrected chi connectivity index (χ2v) is 12.6. The third kappa shape index (κ3) is 5.80. The molecule has 11 heteroatoms. The topological polar surface area (TPSA) is 127 Å². The predicted molar refractivity (Wildman–Crippen MR) is 170 cm³/mol. The number of hydrogen-bond donors (Lipinski definition) is 1. The highest BCUT2D eigenvalue weighted by Gasteiger charge is 2.42. The van der Waals surface area contributed by atoms with E-state index < -0.39 is 27.3 Å². The Hall–Kier alpha value is -4.61. The van der Waals surface area contributed by atoms with Gasteiger partial charge in [-0.1, -0.05) is 42.5 Å². The molecule has 0 unspecified atom stereocenters. The van der Waals surface area contributed by atoms with Gasteiger partial charge >= 0.3 is 5.97 Å². The monoisotopic (exact) mass is 632 g/mol. The van der Waals surface area contributed by atoms with Crippen LogP contribution in [0.25, 0.3) is 17.5 Å². The molecular weight excluding hydrogens is 601 g/mol. The molecule has 0 aliphatic carbocycles. The first kappa shape index (κ1) is 30.8. The van der Waals surface area contributed by atoms with Gasteiger partial charge in [-0.25, -0.2) is 13.2 Å². The van der Waals surface area contributed by atoms with E-state index in [4.69, 9.17) is 19.9 Å². The number of thiazole rings is 1. The van der Waals surface area contributed by atoms with Crippen molar-refractivity contribution in [1.82, 2.24) is 4.57 Å². The van der Waals surface area contributed by atoms with Crippen LogP contribution < -0.4 is 30.0 Å². The molecule has 4 aromatic rings. The number of nitrogens with zero attached hydrogens (tertiary/aromatic N) is 1. The number of allylic oxidation sites excluding steroid dienone is 1. The summed E-state index contributed by atoms with van der Waals surface area (Å²) < 4.78 is 46.8. The Morgan fingerprint density at radius 3 is 2.05 bits per heavy atom. The molecule has 1 aromatic heterocycles. The van der Waals surface area contributed by atoms with E-state index in [9.17, 15) is 18.0 Å². The maximum absolute atomic E-state index is 14.3. The molecule has 0 amide bonds. The summed E-state index contributed by atoms with van der Waals surface area (Å²) in [6, 6.07) is 21.8. The zero-order valence-electron chi connectivity index (χ0n) is 24.5. The lowest BCUT2D eigenvalue weighted by atomic mass is 9.89. The van der Waals surface area contributed by atoms with E-state index in [1.807, 2.05) is 13.8 Å². The van der Waals surface area contributed by atoms with Crippen LogP contribution in [0, 0.1) is 0 Å². The lowest BCUT2D eigenvalue weighted by molar-refractivity contribution is -0.136. The maximum atomic E-state index is 14.3. The van der Waals surface area contributed by atoms with Crippen LogP contribution in [-0.2, 0) is 19.4 Å².